The van der Waals surface area contributed by atoms with Gasteiger partial charge in [0.15, 0.2) is 0 Å². The fourth-order valence-electron chi connectivity index (χ4n) is 2.23. The molecule has 20 heavy (non-hydrogen) atoms. The Labute approximate surface area is 128 Å². The third-order valence-corrected chi connectivity index (χ3v) is 3.98. The van der Waals surface area contributed by atoms with Crippen LogP contribution in [0.1, 0.15) is 32.3 Å². The molecule has 1 aliphatic rings. The lowest BCUT2D eigenvalue weighted by Gasteiger charge is -2.31. The summed E-state index contributed by atoms with van der Waals surface area (Å²) in [7, 11) is 0. The maximum atomic E-state index is 10.7. The van der Waals surface area contributed by atoms with Crippen molar-refractivity contribution in [2.24, 2.45) is 5.92 Å². The molecule has 0 radical (unpaired) electrons. The van der Waals surface area contributed by atoms with Gasteiger partial charge in [-0.2, -0.15) is 0 Å². The van der Waals surface area contributed by atoms with E-state index in [-0.39, 0.29) is 0 Å². The van der Waals surface area contributed by atoms with Crippen LogP contribution in [0.4, 0.5) is 5.69 Å². The highest BCUT2D eigenvalue weighted by atomic mass is 79.9. The third-order valence-electron chi connectivity index (χ3n) is 3.48. The SMILES string of the molecule is CC(C)N(CC1CC1)c1cc(Br)ccc1C=CC(=O)O. The topological polar surface area (TPSA) is 40.5 Å². The zero-order valence-corrected chi connectivity index (χ0v) is 13.4. The quantitative estimate of drug-likeness (QED) is 0.792. The number of rotatable bonds is 6. The molecule has 0 atom stereocenters. The van der Waals surface area contributed by atoms with Crippen LogP contribution in [0.5, 0.6) is 0 Å². The normalized spacial score (nSPS) is 15.0. The second-order valence-electron chi connectivity index (χ2n) is 5.56. The number of anilines is 1. The molecule has 0 aliphatic heterocycles. The first-order valence-electron chi connectivity index (χ1n) is 6.94. The Bertz CT molecular complexity index is 521. The van der Waals surface area contributed by atoms with Crippen LogP contribution in [-0.2, 0) is 4.79 Å². The van der Waals surface area contributed by atoms with Crippen LogP contribution in [-0.4, -0.2) is 23.7 Å². The number of hydrogen-bond acceptors (Lipinski definition) is 2. The lowest BCUT2D eigenvalue weighted by molar-refractivity contribution is -0.131. The number of carbonyl (C=O) groups is 1. The van der Waals surface area contributed by atoms with Gasteiger partial charge in [0.2, 0.25) is 0 Å². The van der Waals surface area contributed by atoms with Gasteiger partial charge in [-0.15, -0.1) is 0 Å². The maximum absolute atomic E-state index is 10.7. The molecule has 0 amide bonds. The minimum atomic E-state index is -0.919. The summed E-state index contributed by atoms with van der Waals surface area (Å²) in [4.78, 5) is 13.1. The third kappa shape index (κ3) is 4.10. The lowest BCUT2D eigenvalue weighted by atomic mass is 10.1. The van der Waals surface area contributed by atoms with Gasteiger partial charge in [-0.1, -0.05) is 22.0 Å². The molecule has 0 saturated heterocycles. The monoisotopic (exact) mass is 337 g/mol. The standard InChI is InChI=1S/C16H20BrNO2/c1-11(2)18(10-12-3-4-12)15-9-14(17)7-5-13(15)6-8-16(19)20/h5-9,11-12H,3-4,10H2,1-2H3,(H,19,20). The van der Waals surface area contributed by atoms with E-state index in [0.29, 0.717) is 6.04 Å². The van der Waals surface area contributed by atoms with E-state index >= 15 is 0 Å². The summed E-state index contributed by atoms with van der Waals surface area (Å²) in [5.41, 5.74) is 2.05. The number of nitrogens with zero attached hydrogens (tertiary/aromatic N) is 1. The first-order valence-corrected chi connectivity index (χ1v) is 7.74. The van der Waals surface area contributed by atoms with E-state index in [1.165, 1.54) is 18.9 Å². The number of benzene rings is 1. The van der Waals surface area contributed by atoms with Crippen LogP contribution in [0.15, 0.2) is 28.7 Å². The van der Waals surface area contributed by atoms with E-state index in [1.807, 2.05) is 12.1 Å². The van der Waals surface area contributed by atoms with E-state index < -0.39 is 5.97 Å². The molecule has 2 rings (SSSR count). The van der Waals surface area contributed by atoms with Gasteiger partial charge < -0.3 is 10.0 Å². The van der Waals surface area contributed by atoms with Crippen molar-refractivity contribution in [2.45, 2.75) is 32.7 Å². The summed E-state index contributed by atoms with van der Waals surface area (Å²) < 4.78 is 1.02. The first kappa shape index (κ1) is 15.1. The highest BCUT2D eigenvalue weighted by molar-refractivity contribution is 9.10. The zero-order valence-electron chi connectivity index (χ0n) is 11.8. The average Bonchev–Trinajstić information content (AvgIpc) is 3.18. The number of halogens is 1. The Kier molecular flexibility index (Phi) is 4.86. The summed E-state index contributed by atoms with van der Waals surface area (Å²) in [6.07, 6.45) is 5.48. The smallest absolute Gasteiger partial charge is 0.328 e. The molecule has 0 aromatic heterocycles. The van der Waals surface area contributed by atoms with Crippen LogP contribution in [0.2, 0.25) is 0 Å². The number of aliphatic carboxylic acids is 1. The van der Waals surface area contributed by atoms with E-state index in [2.05, 4.69) is 40.7 Å². The van der Waals surface area contributed by atoms with Crippen LogP contribution < -0.4 is 4.90 Å². The molecule has 1 fully saturated rings. The van der Waals surface area contributed by atoms with E-state index in [9.17, 15) is 4.79 Å². The van der Waals surface area contributed by atoms with Crippen molar-refractivity contribution in [1.82, 2.24) is 0 Å². The highest BCUT2D eigenvalue weighted by Crippen LogP contribution is 2.34. The second kappa shape index (κ2) is 6.44. The fraction of sp³-hybridized carbons (Fsp3) is 0.438. The second-order valence-corrected chi connectivity index (χ2v) is 6.48. The number of carboxylic acid groups (broad SMARTS) is 1. The van der Waals surface area contributed by atoms with Gasteiger partial charge in [0.25, 0.3) is 0 Å². The molecule has 0 unspecified atom stereocenters. The summed E-state index contributed by atoms with van der Waals surface area (Å²) in [5, 5.41) is 8.81. The molecule has 1 aromatic rings. The van der Waals surface area contributed by atoms with Crippen LogP contribution in [0.3, 0.4) is 0 Å². The van der Waals surface area contributed by atoms with Crippen molar-refractivity contribution in [2.75, 3.05) is 11.4 Å². The Morgan fingerprint density at radius 1 is 1.50 bits per heavy atom. The van der Waals surface area contributed by atoms with Crippen molar-refractivity contribution >= 4 is 33.7 Å². The van der Waals surface area contributed by atoms with Crippen molar-refractivity contribution < 1.29 is 9.90 Å². The van der Waals surface area contributed by atoms with Crippen LogP contribution >= 0.6 is 15.9 Å². The van der Waals surface area contributed by atoms with Gasteiger partial charge in [-0.25, -0.2) is 4.79 Å². The van der Waals surface area contributed by atoms with Gasteiger partial charge in [-0.05, 0) is 56.4 Å². The van der Waals surface area contributed by atoms with Crippen LogP contribution in [0, 0.1) is 5.92 Å². The molecule has 1 aromatic carbocycles. The van der Waals surface area contributed by atoms with Crippen molar-refractivity contribution in [1.29, 1.82) is 0 Å². The lowest BCUT2D eigenvalue weighted by Crippen LogP contribution is -2.33. The maximum Gasteiger partial charge on any atom is 0.328 e. The van der Waals surface area contributed by atoms with Crippen molar-refractivity contribution in [3.63, 3.8) is 0 Å². The minimum Gasteiger partial charge on any atom is -0.478 e. The predicted octanol–water partition coefficient (Wildman–Crippen LogP) is 4.17. The van der Waals surface area contributed by atoms with Gasteiger partial charge in [-0.3, -0.25) is 0 Å². The Morgan fingerprint density at radius 3 is 2.75 bits per heavy atom. The zero-order chi connectivity index (χ0) is 14.7. The van der Waals surface area contributed by atoms with Crippen molar-refractivity contribution in [3.8, 4) is 0 Å². The Morgan fingerprint density at radius 2 is 2.20 bits per heavy atom. The molecule has 108 valence electrons. The minimum absolute atomic E-state index is 0.391. The van der Waals surface area contributed by atoms with Gasteiger partial charge >= 0.3 is 5.97 Å². The van der Waals surface area contributed by atoms with E-state index in [0.717, 1.165) is 28.2 Å². The summed E-state index contributed by atoms with van der Waals surface area (Å²) in [5.74, 6) is -0.134. The summed E-state index contributed by atoms with van der Waals surface area (Å²) >= 11 is 3.51. The Hall–Kier alpha value is -1.29. The molecule has 1 N–H and O–H groups in total. The predicted molar refractivity (Wildman–Crippen MR) is 86.0 cm³/mol. The average molecular weight is 338 g/mol. The van der Waals surface area contributed by atoms with Crippen molar-refractivity contribution in [3.05, 3.63) is 34.3 Å². The number of carboxylic acids is 1. The Balaban J connectivity index is 2.34. The molecule has 0 bridgehead atoms. The summed E-state index contributed by atoms with van der Waals surface area (Å²) in [6.45, 7) is 5.39. The fourth-order valence-corrected chi connectivity index (χ4v) is 2.58. The molecule has 4 heteroatoms. The molecular weight excluding hydrogens is 318 g/mol. The van der Waals surface area contributed by atoms with Gasteiger partial charge in [0.05, 0.1) is 0 Å². The van der Waals surface area contributed by atoms with Crippen LogP contribution in [0.25, 0.3) is 6.08 Å². The van der Waals surface area contributed by atoms with Gasteiger partial charge in [0.1, 0.15) is 0 Å². The molecule has 3 nitrogen and oxygen atoms in total. The van der Waals surface area contributed by atoms with E-state index in [4.69, 9.17) is 5.11 Å². The molecule has 1 saturated carbocycles. The first-order chi connectivity index (χ1) is 9.47. The number of hydrogen-bond donors (Lipinski definition) is 1. The van der Waals surface area contributed by atoms with Gasteiger partial charge in [0, 0.05) is 28.8 Å². The molecule has 0 spiro atoms. The molecular formula is C16H20BrNO2. The largest absolute Gasteiger partial charge is 0.478 e. The van der Waals surface area contributed by atoms with E-state index in [1.54, 1.807) is 6.08 Å². The molecule has 0 heterocycles. The highest BCUT2D eigenvalue weighted by Gasteiger charge is 2.26. The summed E-state index contributed by atoms with van der Waals surface area (Å²) in [6, 6.07) is 6.37. The molecule has 1 aliphatic carbocycles.